The lowest BCUT2D eigenvalue weighted by Gasteiger charge is -2.21. The fourth-order valence-electron chi connectivity index (χ4n) is 1.71. The van der Waals surface area contributed by atoms with E-state index in [2.05, 4.69) is 25.8 Å². The van der Waals surface area contributed by atoms with Gasteiger partial charge in [-0.1, -0.05) is 0 Å². The molecule has 0 aromatic carbocycles. The number of pyridine rings is 1. The van der Waals surface area contributed by atoms with Crippen molar-refractivity contribution in [2.75, 3.05) is 5.32 Å². The fourth-order valence-corrected chi connectivity index (χ4v) is 1.71. The van der Waals surface area contributed by atoms with Gasteiger partial charge in [-0.2, -0.15) is 10.2 Å². The molecular formula is C15H20FN5. The van der Waals surface area contributed by atoms with Crippen molar-refractivity contribution in [3.63, 3.8) is 0 Å². The van der Waals surface area contributed by atoms with Crippen molar-refractivity contribution in [1.82, 2.24) is 20.5 Å². The van der Waals surface area contributed by atoms with E-state index in [4.69, 9.17) is 0 Å². The van der Waals surface area contributed by atoms with E-state index in [9.17, 15) is 4.39 Å². The minimum Gasteiger partial charge on any atom is -0.362 e. The Morgan fingerprint density at radius 1 is 1.14 bits per heavy atom. The molecule has 0 aliphatic rings. The van der Waals surface area contributed by atoms with Crippen molar-refractivity contribution in [2.45, 2.75) is 39.4 Å². The molecule has 2 N–H and O–H groups in total. The van der Waals surface area contributed by atoms with E-state index in [1.54, 1.807) is 24.5 Å². The predicted octanol–water partition coefficient (Wildman–Crippen LogP) is 2.51. The average molecular weight is 289 g/mol. The maximum absolute atomic E-state index is 14.3. The average Bonchev–Trinajstić information content (AvgIpc) is 2.45. The zero-order chi connectivity index (χ0) is 15.3. The van der Waals surface area contributed by atoms with Gasteiger partial charge in [-0.15, -0.1) is 0 Å². The molecule has 0 saturated heterocycles. The molecule has 0 saturated carbocycles. The lowest BCUT2D eigenvalue weighted by molar-refractivity contribution is 0.418. The summed E-state index contributed by atoms with van der Waals surface area (Å²) in [6.07, 6.45) is 3.20. The predicted molar refractivity (Wildman–Crippen MR) is 80.1 cm³/mol. The van der Waals surface area contributed by atoms with Crippen LogP contribution >= 0.6 is 0 Å². The molecule has 2 heterocycles. The van der Waals surface area contributed by atoms with Gasteiger partial charge in [-0.25, -0.2) is 9.37 Å². The number of aromatic nitrogens is 3. The van der Waals surface area contributed by atoms with Gasteiger partial charge in [0.1, 0.15) is 0 Å². The van der Waals surface area contributed by atoms with Crippen LogP contribution in [0.2, 0.25) is 0 Å². The van der Waals surface area contributed by atoms with E-state index in [-0.39, 0.29) is 17.2 Å². The van der Waals surface area contributed by atoms with Gasteiger partial charge >= 0.3 is 0 Å². The first-order valence-electron chi connectivity index (χ1n) is 6.84. The molecule has 0 unspecified atom stereocenters. The minimum absolute atomic E-state index is 0.0665. The van der Waals surface area contributed by atoms with Crippen molar-refractivity contribution in [3.8, 4) is 0 Å². The number of nitrogens with zero attached hydrogens (tertiary/aromatic N) is 3. The second-order valence-corrected chi connectivity index (χ2v) is 5.80. The second-order valence-electron chi connectivity index (χ2n) is 5.80. The van der Waals surface area contributed by atoms with E-state index in [0.717, 1.165) is 5.69 Å². The molecule has 0 amide bonds. The Morgan fingerprint density at radius 2 is 1.95 bits per heavy atom. The fraction of sp³-hybridized carbons (Fsp3) is 0.400. The van der Waals surface area contributed by atoms with E-state index < -0.39 is 0 Å². The molecule has 6 heteroatoms. The summed E-state index contributed by atoms with van der Waals surface area (Å²) in [5.74, 6) is -0.105. The van der Waals surface area contributed by atoms with Gasteiger partial charge in [-0.3, -0.25) is 0 Å². The number of anilines is 1. The highest BCUT2D eigenvalue weighted by molar-refractivity contribution is 5.40. The molecule has 5 nitrogen and oxygen atoms in total. The monoisotopic (exact) mass is 289 g/mol. The number of hydrogen-bond donors (Lipinski definition) is 2. The van der Waals surface area contributed by atoms with Crippen LogP contribution in [-0.2, 0) is 13.1 Å². The zero-order valence-corrected chi connectivity index (χ0v) is 12.5. The largest absolute Gasteiger partial charge is 0.362 e. The summed E-state index contributed by atoms with van der Waals surface area (Å²) in [6, 6.07) is 5.29. The van der Waals surface area contributed by atoms with E-state index in [1.807, 2.05) is 26.8 Å². The molecule has 0 radical (unpaired) electrons. The molecule has 2 aromatic heterocycles. The third-order valence-electron chi connectivity index (χ3n) is 2.84. The SMILES string of the molecule is CC(C)(C)NCc1ccnc(NCc2cccnn2)c1F. The van der Waals surface area contributed by atoms with E-state index >= 15 is 0 Å². The van der Waals surface area contributed by atoms with E-state index in [1.165, 1.54) is 0 Å². The van der Waals surface area contributed by atoms with Gasteiger partial charge in [0.25, 0.3) is 0 Å². The topological polar surface area (TPSA) is 62.7 Å². The first-order chi connectivity index (χ1) is 9.96. The van der Waals surface area contributed by atoms with Crippen molar-refractivity contribution >= 4 is 5.82 Å². The van der Waals surface area contributed by atoms with Gasteiger partial charge in [-0.05, 0) is 39.0 Å². The molecule has 0 atom stereocenters. The summed E-state index contributed by atoms with van der Waals surface area (Å²) < 4.78 is 14.3. The van der Waals surface area contributed by atoms with Crippen LogP contribution in [0.1, 0.15) is 32.0 Å². The third kappa shape index (κ3) is 4.75. The Hall–Kier alpha value is -2.08. The van der Waals surface area contributed by atoms with Gasteiger partial charge in [0.15, 0.2) is 11.6 Å². The Kier molecular flexibility index (Phi) is 4.80. The smallest absolute Gasteiger partial charge is 0.169 e. The quantitative estimate of drug-likeness (QED) is 0.885. The number of halogens is 1. The van der Waals surface area contributed by atoms with Crippen LogP contribution in [0, 0.1) is 5.82 Å². The molecule has 0 bridgehead atoms. The summed E-state index contributed by atoms with van der Waals surface area (Å²) in [5, 5.41) is 13.9. The molecule has 0 spiro atoms. The van der Waals surface area contributed by atoms with Crippen LogP contribution < -0.4 is 10.6 Å². The van der Waals surface area contributed by atoms with Crippen molar-refractivity contribution in [2.24, 2.45) is 0 Å². The third-order valence-corrected chi connectivity index (χ3v) is 2.84. The van der Waals surface area contributed by atoms with Gasteiger partial charge in [0, 0.05) is 30.0 Å². The van der Waals surface area contributed by atoms with Crippen molar-refractivity contribution < 1.29 is 4.39 Å². The molecule has 0 fully saturated rings. The number of nitrogens with one attached hydrogen (secondary N) is 2. The molecule has 112 valence electrons. The second kappa shape index (κ2) is 6.58. The lowest BCUT2D eigenvalue weighted by atomic mass is 10.1. The van der Waals surface area contributed by atoms with Gasteiger partial charge in [0.2, 0.25) is 0 Å². The Balaban J connectivity index is 2.03. The van der Waals surface area contributed by atoms with Crippen LogP contribution in [0.3, 0.4) is 0 Å². The Bertz CT molecular complexity index is 580. The molecule has 21 heavy (non-hydrogen) atoms. The van der Waals surface area contributed by atoms with Crippen LogP contribution in [0.4, 0.5) is 10.2 Å². The first kappa shape index (κ1) is 15.3. The summed E-state index contributed by atoms with van der Waals surface area (Å²) in [7, 11) is 0. The summed E-state index contributed by atoms with van der Waals surface area (Å²) in [5.41, 5.74) is 1.25. The molecule has 0 aliphatic carbocycles. The van der Waals surface area contributed by atoms with Gasteiger partial charge < -0.3 is 10.6 Å². The molecule has 2 aromatic rings. The van der Waals surface area contributed by atoms with E-state index in [0.29, 0.717) is 18.7 Å². The number of rotatable bonds is 5. The Morgan fingerprint density at radius 3 is 2.62 bits per heavy atom. The molecule has 2 rings (SSSR count). The summed E-state index contributed by atoms with van der Waals surface area (Å²) in [6.45, 7) is 6.96. The van der Waals surface area contributed by atoms with Crippen LogP contribution in [-0.4, -0.2) is 20.7 Å². The highest BCUT2D eigenvalue weighted by atomic mass is 19.1. The molecular weight excluding hydrogens is 269 g/mol. The zero-order valence-electron chi connectivity index (χ0n) is 12.5. The van der Waals surface area contributed by atoms with Crippen molar-refractivity contribution in [1.29, 1.82) is 0 Å². The number of hydrogen-bond acceptors (Lipinski definition) is 5. The maximum atomic E-state index is 14.3. The van der Waals surface area contributed by atoms with Crippen LogP contribution in [0.15, 0.2) is 30.6 Å². The molecule has 0 aliphatic heterocycles. The van der Waals surface area contributed by atoms with Crippen LogP contribution in [0.25, 0.3) is 0 Å². The summed E-state index contributed by atoms with van der Waals surface area (Å²) in [4.78, 5) is 4.04. The van der Waals surface area contributed by atoms with Gasteiger partial charge in [0.05, 0.1) is 12.2 Å². The highest BCUT2D eigenvalue weighted by Gasteiger charge is 2.13. The minimum atomic E-state index is -0.335. The lowest BCUT2D eigenvalue weighted by Crippen LogP contribution is -2.35. The van der Waals surface area contributed by atoms with Crippen LogP contribution in [0.5, 0.6) is 0 Å². The summed E-state index contributed by atoms with van der Waals surface area (Å²) >= 11 is 0. The highest BCUT2D eigenvalue weighted by Crippen LogP contribution is 2.16. The Labute approximate surface area is 124 Å². The van der Waals surface area contributed by atoms with Crippen molar-refractivity contribution in [3.05, 3.63) is 47.7 Å². The first-order valence-corrected chi connectivity index (χ1v) is 6.84. The standard InChI is InChI=1S/C15H20FN5/c1-15(2,3)19-9-11-6-8-17-14(13(11)16)18-10-12-5-4-7-20-21-12/h4-8,19H,9-10H2,1-3H3,(H,17,18). The maximum Gasteiger partial charge on any atom is 0.169 e. The normalized spacial score (nSPS) is 11.4.